The van der Waals surface area contributed by atoms with Crippen molar-refractivity contribution in [2.24, 2.45) is 23.2 Å². The summed E-state index contributed by atoms with van der Waals surface area (Å²) in [7, 11) is 0. The third kappa shape index (κ3) is 6.05. The van der Waals surface area contributed by atoms with Gasteiger partial charge in [-0.3, -0.25) is 14.3 Å². The number of hydrogen-bond donors (Lipinski definition) is 2. The number of carbonyl (C=O) groups is 2. The Balaban J connectivity index is 0.906. The predicted octanol–water partition coefficient (Wildman–Crippen LogP) is 4.73. The molecule has 8 rings (SSSR count). The summed E-state index contributed by atoms with van der Waals surface area (Å²) < 4.78 is 31.5. The molecule has 0 unspecified atom stereocenters. The van der Waals surface area contributed by atoms with Crippen LogP contribution in [0.4, 0.5) is 20.3 Å². The minimum absolute atomic E-state index is 0.0221. The lowest BCUT2D eigenvalue weighted by Gasteiger charge is -2.45. The molecule has 1 amide bonds. The predicted molar refractivity (Wildman–Crippen MR) is 173 cm³/mol. The fourth-order valence-corrected chi connectivity index (χ4v) is 9.04. The summed E-state index contributed by atoms with van der Waals surface area (Å²) in [5, 5.41) is 14.8. The van der Waals surface area contributed by atoms with E-state index < -0.39 is 18.0 Å². The lowest BCUT2D eigenvalue weighted by atomic mass is 9.71. The first kappa shape index (κ1) is 30.9. The summed E-state index contributed by atoms with van der Waals surface area (Å²) in [5.74, 6) is 1.14. The number of carbonyl (C=O) groups excluding carboxylic acids is 2. The number of halogens is 2. The van der Waals surface area contributed by atoms with Crippen molar-refractivity contribution in [2.75, 3.05) is 56.0 Å². The van der Waals surface area contributed by atoms with Gasteiger partial charge < -0.3 is 20.4 Å². The first-order valence-electron chi connectivity index (χ1n) is 17.6. The van der Waals surface area contributed by atoms with Crippen LogP contribution >= 0.6 is 0 Å². The zero-order valence-corrected chi connectivity index (χ0v) is 26.9. The average molecular weight is 650 g/mol. The molecule has 2 aliphatic carbocycles. The van der Waals surface area contributed by atoms with E-state index in [4.69, 9.17) is 4.98 Å². The van der Waals surface area contributed by atoms with Crippen LogP contribution in [0.1, 0.15) is 92.7 Å². The number of alkyl halides is 2. The van der Waals surface area contributed by atoms with Crippen molar-refractivity contribution in [1.29, 1.82) is 0 Å². The molecule has 5 aliphatic rings. The van der Waals surface area contributed by atoms with Gasteiger partial charge in [0.1, 0.15) is 17.2 Å². The van der Waals surface area contributed by atoms with E-state index in [-0.39, 0.29) is 29.1 Å². The highest BCUT2D eigenvalue weighted by molar-refractivity contribution is 6.08. The second kappa shape index (κ2) is 12.5. The van der Waals surface area contributed by atoms with E-state index >= 15 is 0 Å². The van der Waals surface area contributed by atoms with E-state index in [1.54, 1.807) is 17.1 Å². The zero-order chi connectivity index (χ0) is 32.1. The fraction of sp³-hybridized carbons (Fsp3) is 0.676. The maximum absolute atomic E-state index is 14.2. The number of fused-ring (bicyclic) bond motifs is 3. The Bertz CT molecular complexity index is 1600. The number of likely N-dealkylation sites (tertiary alicyclic amines) is 1. The van der Waals surface area contributed by atoms with Crippen molar-refractivity contribution in [3.8, 4) is 0 Å². The fourth-order valence-electron chi connectivity index (χ4n) is 9.04. The zero-order valence-electron chi connectivity index (χ0n) is 26.9. The van der Waals surface area contributed by atoms with Crippen LogP contribution in [0, 0.1) is 23.2 Å². The van der Waals surface area contributed by atoms with Crippen molar-refractivity contribution >= 4 is 28.8 Å². The van der Waals surface area contributed by atoms with E-state index in [2.05, 4.69) is 30.6 Å². The number of piperidine rings is 3. The molecular weight excluding hydrogens is 604 g/mol. The summed E-state index contributed by atoms with van der Waals surface area (Å²) in [6.07, 6.45) is 12.8. The number of nitrogens with one attached hydrogen (secondary N) is 2. The van der Waals surface area contributed by atoms with Gasteiger partial charge in [-0.2, -0.15) is 10.2 Å². The monoisotopic (exact) mass is 649 g/mol. The van der Waals surface area contributed by atoms with Gasteiger partial charge in [0, 0.05) is 43.9 Å². The van der Waals surface area contributed by atoms with Crippen LogP contribution in [0.5, 0.6) is 0 Å². The summed E-state index contributed by atoms with van der Waals surface area (Å²) in [6, 6.07) is 1.86. The van der Waals surface area contributed by atoms with E-state index in [0.29, 0.717) is 41.7 Å². The summed E-state index contributed by atoms with van der Waals surface area (Å²) in [4.78, 5) is 35.3. The molecule has 3 aromatic rings. The molecule has 252 valence electrons. The first-order chi connectivity index (χ1) is 22.8. The van der Waals surface area contributed by atoms with Gasteiger partial charge in [-0.1, -0.05) is 0 Å². The standard InChI is InChI=1S/C34H45F2N9O2/c35-31(36)29-27(21-45(41-29)25-5-1-22(2-6-25)18-42-15-10-34(11-16-42)8-12-37-13-9-34)39-33(47)26-17-38-44-14-7-28(40-32(26)44)43-19-23-3-4-24(20-43)30(23)46/h7,14,17,21-25,31,37H,1-6,8-13,15-16,18-20H2,(H,39,47)/t22?,23-,24-,25?/m1/s1. The van der Waals surface area contributed by atoms with Crippen molar-refractivity contribution < 1.29 is 18.4 Å². The quantitative estimate of drug-likeness (QED) is 0.378. The normalized spacial score (nSPS) is 28.1. The highest BCUT2D eigenvalue weighted by Gasteiger charge is 2.41. The Hall–Kier alpha value is -3.45. The molecule has 0 aromatic carbocycles. The maximum Gasteiger partial charge on any atom is 0.284 e. The van der Waals surface area contributed by atoms with Crippen molar-refractivity contribution in [3.63, 3.8) is 0 Å². The van der Waals surface area contributed by atoms with Gasteiger partial charge >= 0.3 is 0 Å². The minimum atomic E-state index is -2.82. The number of rotatable bonds is 7. The maximum atomic E-state index is 14.2. The molecule has 11 nitrogen and oxygen atoms in total. The summed E-state index contributed by atoms with van der Waals surface area (Å²) in [6.45, 7) is 7.02. The van der Waals surface area contributed by atoms with Crippen molar-refractivity contribution in [3.05, 3.63) is 35.9 Å². The highest BCUT2D eigenvalue weighted by Crippen LogP contribution is 2.41. The molecule has 47 heavy (non-hydrogen) atoms. The average Bonchev–Trinajstić information content (AvgIpc) is 3.75. The Kier molecular flexibility index (Phi) is 8.23. The number of nitrogens with zero attached hydrogens (tertiary/aromatic N) is 7. The van der Waals surface area contributed by atoms with Crippen LogP contribution in [0.2, 0.25) is 0 Å². The largest absolute Gasteiger partial charge is 0.355 e. The first-order valence-corrected chi connectivity index (χ1v) is 17.6. The van der Waals surface area contributed by atoms with E-state index in [1.807, 2.05) is 6.07 Å². The Morgan fingerprint density at radius 2 is 1.74 bits per heavy atom. The van der Waals surface area contributed by atoms with Crippen LogP contribution in [-0.4, -0.2) is 86.8 Å². The SMILES string of the molecule is O=C(Nc1cn(C2CCC(CN3CCC4(CCNCC4)CC3)CC2)nc1C(F)F)c1cnn2ccc(N3C[C@H]4CC[C@H](C3)C4=O)nc12. The van der Waals surface area contributed by atoms with Gasteiger partial charge in [0.25, 0.3) is 12.3 Å². The molecule has 3 aromatic heterocycles. The molecule has 6 heterocycles. The van der Waals surface area contributed by atoms with E-state index in [0.717, 1.165) is 58.2 Å². The Morgan fingerprint density at radius 1 is 1.02 bits per heavy atom. The molecule has 2 N–H and O–H groups in total. The van der Waals surface area contributed by atoms with Crippen LogP contribution in [-0.2, 0) is 4.79 Å². The number of Topliss-reactive ketones (excluding diaryl/α,β-unsaturated/α-hetero) is 1. The number of amides is 1. The number of ketones is 1. The Labute approximate surface area is 273 Å². The molecule has 1 spiro atoms. The van der Waals surface area contributed by atoms with Gasteiger partial charge in [0.2, 0.25) is 0 Å². The lowest BCUT2D eigenvalue weighted by molar-refractivity contribution is -0.124. The van der Waals surface area contributed by atoms with Crippen LogP contribution in [0.3, 0.4) is 0 Å². The smallest absolute Gasteiger partial charge is 0.284 e. The second-order valence-corrected chi connectivity index (χ2v) is 14.8. The molecule has 0 radical (unpaired) electrons. The lowest BCUT2D eigenvalue weighted by Crippen LogP contribution is -2.46. The van der Waals surface area contributed by atoms with Crippen LogP contribution in [0.25, 0.3) is 5.65 Å². The van der Waals surface area contributed by atoms with Gasteiger partial charge in [0.15, 0.2) is 11.3 Å². The van der Waals surface area contributed by atoms with E-state index in [1.165, 1.54) is 49.5 Å². The molecule has 2 atom stereocenters. The third-order valence-corrected chi connectivity index (χ3v) is 12.0. The number of anilines is 2. The summed E-state index contributed by atoms with van der Waals surface area (Å²) in [5.41, 5.74) is 0.691. The van der Waals surface area contributed by atoms with Crippen LogP contribution < -0.4 is 15.5 Å². The van der Waals surface area contributed by atoms with Crippen LogP contribution in [0.15, 0.2) is 24.7 Å². The molecule has 3 saturated heterocycles. The summed E-state index contributed by atoms with van der Waals surface area (Å²) >= 11 is 0. The van der Waals surface area contributed by atoms with Gasteiger partial charge in [0.05, 0.1) is 17.9 Å². The molecule has 3 aliphatic heterocycles. The molecular formula is C34H45F2N9O2. The van der Waals surface area contributed by atoms with Gasteiger partial charge in [-0.25, -0.2) is 18.3 Å². The van der Waals surface area contributed by atoms with E-state index in [9.17, 15) is 18.4 Å². The number of aromatic nitrogens is 5. The second-order valence-electron chi connectivity index (χ2n) is 14.8. The number of hydrogen-bond acceptors (Lipinski definition) is 8. The molecule has 13 heteroatoms. The Morgan fingerprint density at radius 3 is 2.45 bits per heavy atom. The third-order valence-electron chi connectivity index (χ3n) is 12.0. The molecule has 5 fully saturated rings. The highest BCUT2D eigenvalue weighted by atomic mass is 19.3. The van der Waals surface area contributed by atoms with Crippen molar-refractivity contribution in [2.45, 2.75) is 76.7 Å². The van der Waals surface area contributed by atoms with Crippen molar-refractivity contribution in [1.82, 2.24) is 34.6 Å². The van der Waals surface area contributed by atoms with Gasteiger partial charge in [-0.15, -0.1) is 0 Å². The minimum Gasteiger partial charge on any atom is -0.355 e. The molecule has 2 saturated carbocycles. The van der Waals surface area contributed by atoms with Gasteiger partial charge in [-0.05, 0) is 108 Å². The molecule has 2 bridgehead atoms. The topological polar surface area (TPSA) is 113 Å².